The van der Waals surface area contributed by atoms with Crippen LogP contribution >= 0.6 is 11.8 Å². The summed E-state index contributed by atoms with van der Waals surface area (Å²) >= 11 is 2.10. The van der Waals surface area contributed by atoms with Crippen LogP contribution in [0, 0.1) is 28.6 Å². The summed E-state index contributed by atoms with van der Waals surface area (Å²) in [4.78, 5) is 11.9. The number of rotatable bonds is 3. The molecular weight excluding hydrogens is 376 g/mol. The first-order valence-electron chi connectivity index (χ1n) is 11.2. The molecule has 3 fully saturated rings. The average molecular weight is 409 g/mol. The highest BCUT2D eigenvalue weighted by Gasteiger charge is 2.61. The number of allylic oxidation sites excluding steroid dienone is 4. The fraction of sp³-hybridized carbons (Fsp3) is 0.577. The van der Waals surface area contributed by atoms with E-state index >= 15 is 0 Å². The Labute approximate surface area is 178 Å². The summed E-state index contributed by atoms with van der Waals surface area (Å²) in [5.41, 5.74) is 2.72. The highest BCUT2D eigenvalue weighted by molar-refractivity contribution is 7.99. The first kappa shape index (κ1) is 19.6. The number of carbonyl (C=O) groups excluding carboxylic acids is 1. The normalized spacial score (nSPS) is 43.3. The van der Waals surface area contributed by atoms with E-state index in [-0.39, 0.29) is 28.6 Å². The molecule has 3 saturated carbocycles. The second kappa shape index (κ2) is 7.13. The molecule has 0 aliphatic heterocycles. The lowest BCUT2D eigenvalue weighted by molar-refractivity contribution is -0.113. The SMILES string of the molecule is C[C@]12C=CC(=O)C=C1CCC1C2[C@@H](O)C[C@@]2(C)C1CC[C@H]2SCc1ccccc1. The van der Waals surface area contributed by atoms with E-state index in [1.165, 1.54) is 24.0 Å². The summed E-state index contributed by atoms with van der Waals surface area (Å²) in [5, 5.41) is 12.1. The van der Waals surface area contributed by atoms with E-state index in [0.29, 0.717) is 17.1 Å². The molecule has 0 spiro atoms. The predicted molar refractivity (Wildman–Crippen MR) is 120 cm³/mol. The van der Waals surface area contributed by atoms with Crippen LogP contribution in [0.3, 0.4) is 0 Å². The molecule has 0 saturated heterocycles. The zero-order chi connectivity index (χ0) is 20.2. The lowest BCUT2D eigenvalue weighted by atomic mass is 9.47. The van der Waals surface area contributed by atoms with Gasteiger partial charge in [0.1, 0.15) is 0 Å². The van der Waals surface area contributed by atoms with E-state index in [9.17, 15) is 9.90 Å². The molecule has 7 atom stereocenters. The summed E-state index contributed by atoms with van der Waals surface area (Å²) in [6, 6.07) is 10.8. The number of aliphatic hydroxyl groups is 1. The van der Waals surface area contributed by atoms with Crippen LogP contribution in [0.1, 0.15) is 51.5 Å². The Bertz CT molecular complexity index is 859. The van der Waals surface area contributed by atoms with E-state index < -0.39 is 0 Å². The van der Waals surface area contributed by atoms with Crippen molar-refractivity contribution in [3.63, 3.8) is 0 Å². The molecule has 1 aromatic carbocycles. The molecule has 3 heteroatoms. The number of hydrogen-bond donors (Lipinski definition) is 1. The van der Waals surface area contributed by atoms with Gasteiger partial charge < -0.3 is 5.11 Å². The summed E-state index contributed by atoms with van der Waals surface area (Å²) in [7, 11) is 0. The van der Waals surface area contributed by atoms with Crippen molar-refractivity contribution in [2.24, 2.45) is 28.6 Å². The Morgan fingerprint density at radius 2 is 1.93 bits per heavy atom. The zero-order valence-electron chi connectivity index (χ0n) is 17.5. The van der Waals surface area contributed by atoms with Gasteiger partial charge in [0.05, 0.1) is 6.10 Å². The monoisotopic (exact) mass is 408 g/mol. The third-order valence-corrected chi connectivity index (χ3v) is 10.4. The van der Waals surface area contributed by atoms with E-state index in [4.69, 9.17) is 0 Å². The standard InChI is InChI=1S/C26H32O2S/c1-25-13-12-19(27)14-18(25)8-9-20-21-10-11-23(26(21,2)15-22(28)24(20)25)29-16-17-6-4-3-5-7-17/h3-7,12-14,20-24,28H,8-11,15-16H2,1-2H3/t20?,21?,22-,23+,24?,25-,26-/m0/s1. The van der Waals surface area contributed by atoms with Crippen molar-refractivity contribution in [1.82, 2.24) is 0 Å². The fourth-order valence-corrected chi connectivity index (χ4v) is 8.87. The Kier molecular flexibility index (Phi) is 4.83. The van der Waals surface area contributed by atoms with Crippen molar-refractivity contribution in [3.05, 3.63) is 59.7 Å². The molecule has 0 radical (unpaired) electrons. The summed E-state index contributed by atoms with van der Waals surface area (Å²) in [5.74, 6) is 2.68. The lowest BCUT2D eigenvalue weighted by Crippen LogP contribution is -2.56. The lowest BCUT2D eigenvalue weighted by Gasteiger charge is -2.58. The maximum Gasteiger partial charge on any atom is 0.178 e. The predicted octanol–water partition coefficient (Wildman–Crippen LogP) is 5.57. The van der Waals surface area contributed by atoms with Gasteiger partial charge in [0.2, 0.25) is 0 Å². The number of carbonyl (C=O) groups is 1. The largest absolute Gasteiger partial charge is 0.393 e. The molecule has 3 unspecified atom stereocenters. The maximum absolute atomic E-state index is 11.9. The van der Waals surface area contributed by atoms with Crippen LogP contribution in [-0.2, 0) is 10.5 Å². The highest BCUT2D eigenvalue weighted by atomic mass is 32.2. The number of fused-ring (bicyclic) bond motifs is 5. The van der Waals surface area contributed by atoms with Gasteiger partial charge in [-0.3, -0.25) is 4.79 Å². The average Bonchev–Trinajstić information content (AvgIpc) is 3.03. The van der Waals surface area contributed by atoms with Crippen molar-refractivity contribution in [1.29, 1.82) is 0 Å². The molecule has 0 amide bonds. The van der Waals surface area contributed by atoms with E-state index in [1.54, 1.807) is 6.08 Å². The molecule has 4 aliphatic carbocycles. The van der Waals surface area contributed by atoms with Crippen LogP contribution in [0.15, 0.2) is 54.1 Å². The number of aliphatic hydroxyl groups excluding tert-OH is 1. The number of ketones is 1. The van der Waals surface area contributed by atoms with Crippen LogP contribution in [0.5, 0.6) is 0 Å². The van der Waals surface area contributed by atoms with Gasteiger partial charge in [-0.1, -0.05) is 55.8 Å². The summed E-state index contributed by atoms with van der Waals surface area (Å²) in [6.07, 6.45) is 11.0. The minimum atomic E-state index is -0.286. The summed E-state index contributed by atoms with van der Waals surface area (Å²) in [6.45, 7) is 4.72. The molecule has 4 aliphatic rings. The van der Waals surface area contributed by atoms with E-state index in [1.807, 2.05) is 6.08 Å². The van der Waals surface area contributed by atoms with Crippen molar-refractivity contribution >= 4 is 17.5 Å². The molecule has 2 nitrogen and oxygen atoms in total. The van der Waals surface area contributed by atoms with Gasteiger partial charge in [-0.2, -0.15) is 11.8 Å². The molecule has 1 aromatic rings. The Morgan fingerprint density at radius 1 is 1.14 bits per heavy atom. The maximum atomic E-state index is 11.9. The second-order valence-corrected chi connectivity index (χ2v) is 11.4. The van der Waals surface area contributed by atoms with Crippen LogP contribution < -0.4 is 0 Å². The molecule has 0 bridgehead atoms. The van der Waals surface area contributed by atoms with Crippen LogP contribution in [-0.4, -0.2) is 22.2 Å². The van der Waals surface area contributed by atoms with Gasteiger partial charge in [-0.25, -0.2) is 0 Å². The highest BCUT2D eigenvalue weighted by Crippen LogP contribution is 2.66. The van der Waals surface area contributed by atoms with Gasteiger partial charge in [-0.15, -0.1) is 0 Å². The topological polar surface area (TPSA) is 37.3 Å². The summed E-state index contributed by atoms with van der Waals surface area (Å²) < 4.78 is 0. The second-order valence-electron chi connectivity index (χ2n) is 10.2. The van der Waals surface area contributed by atoms with Gasteiger partial charge in [-0.05, 0) is 67.1 Å². The molecule has 29 heavy (non-hydrogen) atoms. The van der Waals surface area contributed by atoms with Gasteiger partial charge in [0.15, 0.2) is 5.78 Å². The minimum Gasteiger partial charge on any atom is -0.393 e. The zero-order valence-corrected chi connectivity index (χ0v) is 18.3. The quantitative estimate of drug-likeness (QED) is 0.711. The van der Waals surface area contributed by atoms with E-state index in [0.717, 1.165) is 25.0 Å². The minimum absolute atomic E-state index is 0.115. The smallest absolute Gasteiger partial charge is 0.178 e. The Hall–Kier alpha value is -1.32. The van der Waals surface area contributed by atoms with Crippen molar-refractivity contribution < 1.29 is 9.90 Å². The van der Waals surface area contributed by atoms with Crippen LogP contribution in [0.4, 0.5) is 0 Å². The third-order valence-electron chi connectivity index (χ3n) is 8.70. The van der Waals surface area contributed by atoms with Crippen LogP contribution in [0.25, 0.3) is 0 Å². The van der Waals surface area contributed by atoms with Gasteiger partial charge in [0.25, 0.3) is 0 Å². The Morgan fingerprint density at radius 3 is 2.72 bits per heavy atom. The molecule has 0 heterocycles. The van der Waals surface area contributed by atoms with E-state index in [2.05, 4.69) is 62.0 Å². The molecule has 1 N–H and O–H groups in total. The van der Waals surface area contributed by atoms with Crippen molar-refractivity contribution in [3.8, 4) is 0 Å². The third kappa shape index (κ3) is 3.08. The van der Waals surface area contributed by atoms with Gasteiger partial charge in [0, 0.05) is 22.3 Å². The first-order valence-corrected chi connectivity index (χ1v) is 12.2. The van der Waals surface area contributed by atoms with Crippen LogP contribution in [0.2, 0.25) is 0 Å². The fourth-order valence-electron chi connectivity index (χ4n) is 7.32. The number of thioether (sulfide) groups is 1. The molecular formula is C26H32O2S. The van der Waals surface area contributed by atoms with Crippen molar-refractivity contribution in [2.75, 3.05) is 0 Å². The number of benzene rings is 1. The Balaban J connectivity index is 1.39. The first-order chi connectivity index (χ1) is 13.9. The molecule has 154 valence electrons. The number of hydrogen-bond acceptors (Lipinski definition) is 3. The van der Waals surface area contributed by atoms with Crippen molar-refractivity contribution in [2.45, 2.75) is 63.1 Å². The molecule has 5 rings (SSSR count). The molecule has 0 aromatic heterocycles. The van der Waals surface area contributed by atoms with Gasteiger partial charge >= 0.3 is 0 Å².